The van der Waals surface area contributed by atoms with Crippen molar-refractivity contribution in [2.75, 3.05) is 12.4 Å². The standard InChI is InChI=1S/C17H14F2N2O5/c1-25-14-7-2-4-11(16(14)26-17(18)19)8-9-15(22)20-12-5-3-6-13(10-12)21(23)24/h2-10,17H,1H3,(H,20,22)/b9-8+. The van der Waals surface area contributed by atoms with Gasteiger partial charge in [0, 0.05) is 29.5 Å². The Balaban J connectivity index is 2.17. The van der Waals surface area contributed by atoms with E-state index in [0.717, 1.165) is 6.08 Å². The first kappa shape index (κ1) is 18.8. The van der Waals surface area contributed by atoms with Crippen LogP contribution in [0.5, 0.6) is 11.5 Å². The highest BCUT2D eigenvalue weighted by molar-refractivity contribution is 6.02. The van der Waals surface area contributed by atoms with Gasteiger partial charge in [-0.15, -0.1) is 0 Å². The molecule has 0 aliphatic rings. The summed E-state index contributed by atoms with van der Waals surface area (Å²) in [6.45, 7) is -3.06. The maximum absolute atomic E-state index is 12.6. The van der Waals surface area contributed by atoms with Crippen molar-refractivity contribution < 1.29 is 28.0 Å². The number of rotatable bonds is 7. The molecular formula is C17H14F2N2O5. The average molecular weight is 364 g/mol. The summed E-state index contributed by atoms with van der Waals surface area (Å²) in [7, 11) is 1.30. The van der Waals surface area contributed by atoms with Gasteiger partial charge in [0.05, 0.1) is 12.0 Å². The summed E-state index contributed by atoms with van der Waals surface area (Å²) in [6.07, 6.45) is 2.36. The smallest absolute Gasteiger partial charge is 0.387 e. The Kier molecular flexibility index (Phi) is 6.20. The second-order valence-electron chi connectivity index (χ2n) is 4.89. The Morgan fingerprint density at radius 2 is 2.00 bits per heavy atom. The van der Waals surface area contributed by atoms with Crippen LogP contribution in [0.2, 0.25) is 0 Å². The number of alkyl halides is 2. The third-order valence-electron chi connectivity index (χ3n) is 3.17. The summed E-state index contributed by atoms with van der Waals surface area (Å²) >= 11 is 0. The molecule has 0 heterocycles. The van der Waals surface area contributed by atoms with E-state index in [-0.39, 0.29) is 28.4 Å². The molecule has 7 nitrogen and oxygen atoms in total. The molecule has 0 aliphatic carbocycles. The zero-order valence-corrected chi connectivity index (χ0v) is 13.5. The van der Waals surface area contributed by atoms with Gasteiger partial charge < -0.3 is 14.8 Å². The van der Waals surface area contributed by atoms with Crippen molar-refractivity contribution >= 4 is 23.4 Å². The monoisotopic (exact) mass is 364 g/mol. The number of carbonyl (C=O) groups excluding carboxylic acids is 1. The van der Waals surface area contributed by atoms with Crippen LogP contribution in [0.15, 0.2) is 48.5 Å². The first-order chi connectivity index (χ1) is 12.4. The number of para-hydroxylation sites is 1. The number of amides is 1. The van der Waals surface area contributed by atoms with Crippen molar-refractivity contribution in [1.29, 1.82) is 0 Å². The van der Waals surface area contributed by atoms with Gasteiger partial charge in [0.25, 0.3) is 5.69 Å². The number of carbonyl (C=O) groups is 1. The van der Waals surface area contributed by atoms with Crippen molar-refractivity contribution in [3.8, 4) is 11.5 Å². The molecule has 26 heavy (non-hydrogen) atoms. The number of halogens is 2. The highest BCUT2D eigenvalue weighted by Crippen LogP contribution is 2.33. The maximum Gasteiger partial charge on any atom is 0.387 e. The first-order valence-corrected chi connectivity index (χ1v) is 7.26. The average Bonchev–Trinajstić information content (AvgIpc) is 2.60. The molecule has 1 amide bonds. The third kappa shape index (κ3) is 5.00. The van der Waals surface area contributed by atoms with Gasteiger partial charge in [0.15, 0.2) is 11.5 Å². The minimum atomic E-state index is -3.06. The Morgan fingerprint density at radius 1 is 1.27 bits per heavy atom. The lowest BCUT2D eigenvalue weighted by Gasteiger charge is -2.12. The Labute approximate surface area is 147 Å². The number of benzene rings is 2. The molecule has 0 bridgehead atoms. The molecule has 0 aliphatic heterocycles. The van der Waals surface area contributed by atoms with Gasteiger partial charge in [-0.3, -0.25) is 14.9 Å². The zero-order valence-electron chi connectivity index (χ0n) is 13.5. The lowest BCUT2D eigenvalue weighted by atomic mass is 10.1. The van der Waals surface area contributed by atoms with Gasteiger partial charge in [0.1, 0.15) is 0 Å². The number of anilines is 1. The molecular weight excluding hydrogens is 350 g/mol. The van der Waals surface area contributed by atoms with E-state index in [1.54, 1.807) is 6.07 Å². The fourth-order valence-corrected chi connectivity index (χ4v) is 2.09. The van der Waals surface area contributed by atoms with E-state index in [1.807, 2.05) is 0 Å². The van der Waals surface area contributed by atoms with Gasteiger partial charge in [-0.25, -0.2) is 0 Å². The number of ether oxygens (including phenoxy) is 2. The Bertz CT molecular complexity index is 840. The van der Waals surface area contributed by atoms with Crippen LogP contribution in [0.4, 0.5) is 20.2 Å². The molecule has 0 aromatic heterocycles. The topological polar surface area (TPSA) is 90.7 Å². The van der Waals surface area contributed by atoms with Crippen LogP contribution >= 0.6 is 0 Å². The maximum atomic E-state index is 12.6. The normalized spacial score (nSPS) is 10.8. The zero-order chi connectivity index (χ0) is 19.1. The van der Waals surface area contributed by atoms with Gasteiger partial charge >= 0.3 is 6.61 Å². The number of non-ortho nitro benzene ring substituents is 1. The van der Waals surface area contributed by atoms with Crippen LogP contribution < -0.4 is 14.8 Å². The van der Waals surface area contributed by atoms with E-state index in [4.69, 9.17) is 4.74 Å². The lowest BCUT2D eigenvalue weighted by Crippen LogP contribution is -2.08. The molecule has 2 aromatic carbocycles. The molecule has 0 fully saturated rings. The molecule has 2 aromatic rings. The molecule has 0 unspecified atom stereocenters. The summed E-state index contributed by atoms with van der Waals surface area (Å²) in [6, 6.07) is 9.85. The highest BCUT2D eigenvalue weighted by atomic mass is 19.3. The van der Waals surface area contributed by atoms with Gasteiger partial charge in [-0.2, -0.15) is 8.78 Å². The van der Waals surface area contributed by atoms with Gasteiger partial charge in [0.2, 0.25) is 5.91 Å². The predicted molar refractivity (Wildman–Crippen MR) is 90.4 cm³/mol. The summed E-state index contributed by atoms with van der Waals surface area (Å²) in [5, 5.41) is 13.2. The van der Waals surface area contributed by atoms with E-state index < -0.39 is 17.4 Å². The summed E-state index contributed by atoms with van der Waals surface area (Å²) in [5.74, 6) is -0.716. The first-order valence-electron chi connectivity index (χ1n) is 7.26. The highest BCUT2D eigenvalue weighted by Gasteiger charge is 2.14. The molecule has 136 valence electrons. The Morgan fingerprint density at radius 3 is 2.65 bits per heavy atom. The molecule has 0 spiro atoms. The van der Waals surface area contributed by atoms with Crippen molar-refractivity contribution in [2.45, 2.75) is 6.61 Å². The van der Waals surface area contributed by atoms with Crippen LogP contribution in [0.25, 0.3) is 6.08 Å². The van der Waals surface area contributed by atoms with E-state index in [0.29, 0.717) is 0 Å². The van der Waals surface area contributed by atoms with Crippen LogP contribution in [-0.4, -0.2) is 24.6 Å². The number of nitro benzene ring substituents is 1. The van der Waals surface area contributed by atoms with E-state index in [9.17, 15) is 23.7 Å². The van der Waals surface area contributed by atoms with Crippen molar-refractivity contribution in [1.82, 2.24) is 0 Å². The number of nitro groups is 1. The Hall–Kier alpha value is -3.49. The molecule has 9 heteroatoms. The summed E-state index contributed by atoms with van der Waals surface area (Å²) in [5.41, 5.74) is 0.259. The second-order valence-corrected chi connectivity index (χ2v) is 4.89. The fourth-order valence-electron chi connectivity index (χ4n) is 2.09. The minimum absolute atomic E-state index is 0.0894. The minimum Gasteiger partial charge on any atom is -0.493 e. The molecule has 0 radical (unpaired) electrons. The largest absolute Gasteiger partial charge is 0.493 e. The number of nitrogens with zero attached hydrogens (tertiary/aromatic N) is 1. The number of hydrogen-bond donors (Lipinski definition) is 1. The van der Waals surface area contributed by atoms with Crippen molar-refractivity contribution in [3.63, 3.8) is 0 Å². The second kappa shape index (κ2) is 8.56. The van der Waals surface area contributed by atoms with Gasteiger partial charge in [-0.05, 0) is 18.2 Å². The predicted octanol–water partition coefficient (Wildman–Crippen LogP) is 3.86. The van der Waals surface area contributed by atoms with Crippen LogP contribution in [0.3, 0.4) is 0 Å². The number of nitrogens with one attached hydrogen (secondary N) is 1. The van der Waals surface area contributed by atoms with Crippen LogP contribution in [-0.2, 0) is 4.79 Å². The van der Waals surface area contributed by atoms with E-state index in [2.05, 4.69) is 10.1 Å². The van der Waals surface area contributed by atoms with E-state index >= 15 is 0 Å². The SMILES string of the molecule is COc1cccc(/C=C/C(=O)Nc2cccc([N+](=O)[O-])c2)c1OC(F)F. The molecule has 0 saturated heterocycles. The number of hydrogen-bond acceptors (Lipinski definition) is 5. The number of methoxy groups -OCH3 is 1. The van der Waals surface area contributed by atoms with Crippen LogP contribution in [0, 0.1) is 10.1 Å². The lowest BCUT2D eigenvalue weighted by molar-refractivity contribution is -0.384. The fraction of sp³-hybridized carbons (Fsp3) is 0.118. The van der Waals surface area contributed by atoms with Crippen LogP contribution in [0.1, 0.15) is 5.56 Å². The van der Waals surface area contributed by atoms with Crippen molar-refractivity contribution in [2.24, 2.45) is 0 Å². The third-order valence-corrected chi connectivity index (χ3v) is 3.17. The summed E-state index contributed by atoms with van der Waals surface area (Å²) in [4.78, 5) is 22.1. The quantitative estimate of drug-likeness (QED) is 0.458. The molecule has 0 atom stereocenters. The van der Waals surface area contributed by atoms with E-state index in [1.165, 1.54) is 49.6 Å². The molecule has 2 rings (SSSR count). The van der Waals surface area contributed by atoms with Gasteiger partial charge in [-0.1, -0.05) is 18.2 Å². The molecule has 0 saturated carbocycles. The molecule has 1 N–H and O–H groups in total. The summed E-state index contributed by atoms with van der Waals surface area (Å²) < 4.78 is 34.6. The van der Waals surface area contributed by atoms with Crippen molar-refractivity contribution in [3.05, 3.63) is 64.2 Å².